The van der Waals surface area contributed by atoms with Gasteiger partial charge in [0.2, 0.25) is 0 Å². The van der Waals surface area contributed by atoms with Gasteiger partial charge in [-0.1, -0.05) is 6.92 Å². The minimum atomic E-state index is -1.14. The first-order chi connectivity index (χ1) is 6.42. The van der Waals surface area contributed by atoms with Gasteiger partial charge in [-0.15, -0.1) is 0 Å². The van der Waals surface area contributed by atoms with E-state index in [1.165, 1.54) is 0 Å². The molecule has 0 amide bonds. The molecule has 0 aromatic heterocycles. The molecule has 0 bridgehead atoms. The number of aldehydes is 1. The maximum absolute atomic E-state index is 11.2. The maximum atomic E-state index is 11.2. The Kier molecular flexibility index (Phi) is 2.67. The van der Waals surface area contributed by atoms with Crippen LogP contribution in [0.5, 0.6) is 0 Å². The Bertz CT molecular complexity index is 263. The minimum absolute atomic E-state index is 0.174. The fourth-order valence-corrected chi connectivity index (χ4v) is 2.36. The zero-order valence-corrected chi connectivity index (χ0v) is 8.49. The maximum Gasteiger partial charge on any atom is 0.310 e. The monoisotopic (exact) mass is 200 g/mol. The van der Waals surface area contributed by atoms with Crippen LogP contribution in [0.25, 0.3) is 0 Å². The third-order valence-corrected chi connectivity index (χ3v) is 3.94. The van der Waals surface area contributed by atoms with Crippen molar-refractivity contribution >= 4 is 12.3 Å². The molecule has 0 aliphatic heterocycles. The predicted molar refractivity (Wildman–Crippen MR) is 49.7 cm³/mol. The Hall–Kier alpha value is -0.900. The van der Waals surface area contributed by atoms with Crippen LogP contribution in [0.1, 0.15) is 26.7 Å². The van der Waals surface area contributed by atoms with Crippen molar-refractivity contribution in [1.29, 1.82) is 0 Å². The van der Waals surface area contributed by atoms with Crippen molar-refractivity contribution in [2.24, 2.45) is 16.7 Å². The summed E-state index contributed by atoms with van der Waals surface area (Å²) in [4.78, 5) is 22.2. The van der Waals surface area contributed by atoms with Gasteiger partial charge in [0.15, 0.2) is 0 Å². The van der Waals surface area contributed by atoms with E-state index in [4.69, 9.17) is 5.11 Å². The zero-order valence-electron chi connectivity index (χ0n) is 8.49. The number of aliphatic hydroxyl groups is 1. The van der Waals surface area contributed by atoms with Gasteiger partial charge in [0.25, 0.3) is 0 Å². The van der Waals surface area contributed by atoms with Crippen molar-refractivity contribution < 1.29 is 19.8 Å². The van der Waals surface area contributed by atoms with E-state index < -0.39 is 16.8 Å². The van der Waals surface area contributed by atoms with Crippen LogP contribution in [0, 0.1) is 16.7 Å². The van der Waals surface area contributed by atoms with Gasteiger partial charge >= 0.3 is 5.97 Å². The Morgan fingerprint density at radius 1 is 1.57 bits per heavy atom. The molecule has 4 nitrogen and oxygen atoms in total. The second kappa shape index (κ2) is 3.35. The lowest BCUT2D eigenvalue weighted by molar-refractivity contribution is -0.160. The molecule has 0 spiro atoms. The lowest BCUT2D eigenvalue weighted by atomic mass is 9.65. The fourth-order valence-electron chi connectivity index (χ4n) is 2.36. The molecule has 1 aliphatic carbocycles. The van der Waals surface area contributed by atoms with Crippen LogP contribution in [-0.4, -0.2) is 29.1 Å². The summed E-state index contributed by atoms with van der Waals surface area (Å²) in [6, 6.07) is 0. The fraction of sp³-hybridized carbons (Fsp3) is 0.800. The van der Waals surface area contributed by atoms with E-state index in [1.807, 2.05) is 0 Å². The van der Waals surface area contributed by atoms with E-state index in [2.05, 4.69) is 0 Å². The summed E-state index contributed by atoms with van der Waals surface area (Å²) < 4.78 is 0. The summed E-state index contributed by atoms with van der Waals surface area (Å²) in [6.07, 6.45) is 1.84. The molecule has 2 N–H and O–H groups in total. The summed E-state index contributed by atoms with van der Waals surface area (Å²) in [5.41, 5.74) is -1.99. The zero-order chi connectivity index (χ0) is 11.0. The molecule has 1 aliphatic rings. The van der Waals surface area contributed by atoms with Crippen LogP contribution < -0.4 is 0 Å². The number of hydrogen-bond donors (Lipinski definition) is 2. The lowest BCUT2D eigenvalue weighted by Gasteiger charge is -2.36. The second-order valence-corrected chi connectivity index (χ2v) is 4.46. The summed E-state index contributed by atoms with van der Waals surface area (Å²) in [5.74, 6) is -1.32. The van der Waals surface area contributed by atoms with E-state index >= 15 is 0 Å². The average molecular weight is 200 g/mol. The number of hydrogen-bond acceptors (Lipinski definition) is 3. The van der Waals surface area contributed by atoms with Gasteiger partial charge in [-0.05, 0) is 25.7 Å². The molecule has 80 valence electrons. The third-order valence-electron chi connectivity index (χ3n) is 3.94. The molecule has 14 heavy (non-hydrogen) atoms. The van der Waals surface area contributed by atoms with Gasteiger partial charge in [0.05, 0.1) is 5.41 Å². The van der Waals surface area contributed by atoms with Crippen molar-refractivity contribution in [3.63, 3.8) is 0 Å². The van der Waals surface area contributed by atoms with Crippen LogP contribution in [0.4, 0.5) is 0 Å². The highest BCUT2D eigenvalue weighted by molar-refractivity contribution is 5.82. The molecule has 0 aromatic rings. The van der Waals surface area contributed by atoms with Gasteiger partial charge in [-0.25, -0.2) is 0 Å². The van der Waals surface area contributed by atoms with E-state index in [-0.39, 0.29) is 12.5 Å². The van der Waals surface area contributed by atoms with Gasteiger partial charge < -0.3 is 15.0 Å². The van der Waals surface area contributed by atoms with E-state index in [9.17, 15) is 14.7 Å². The molecule has 1 fully saturated rings. The molecular formula is C10H16O4. The average Bonchev–Trinajstić information content (AvgIpc) is 2.42. The highest BCUT2D eigenvalue weighted by Gasteiger charge is 2.59. The smallest absolute Gasteiger partial charge is 0.310 e. The lowest BCUT2D eigenvalue weighted by Crippen LogP contribution is -2.45. The normalized spacial score (nSPS) is 42.4. The first kappa shape index (κ1) is 11.2. The SMILES string of the molecule is CC1(C=O)CCC(CO)C1(C)C(=O)O. The number of aliphatic hydroxyl groups excluding tert-OH is 1. The summed E-state index contributed by atoms with van der Waals surface area (Å²) in [6.45, 7) is 3.04. The predicted octanol–water partition coefficient (Wildman–Crippen LogP) is 0.685. The van der Waals surface area contributed by atoms with Crippen LogP contribution in [-0.2, 0) is 9.59 Å². The highest BCUT2D eigenvalue weighted by atomic mass is 16.4. The Morgan fingerprint density at radius 2 is 2.14 bits per heavy atom. The molecule has 1 saturated carbocycles. The third kappa shape index (κ3) is 1.17. The molecular weight excluding hydrogens is 184 g/mol. The van der Waals surface area contributed by atoms with Gasteiger partial charge in [0, 0.05) is 12.0 Å². The summed E-state index contributed by atoms with van der Waals surface area (Å²) in [7, 11) is 0. The molecule has 0 saturated heterocycles. The summed E-state index contributed by atoms with van der Waals surface area (Å²) in [5, 5.41) is 18.3. The topological polar surface area (TPSA) is 74.6 Å². The Labute approximate surface area is 82.9 Å². The van der Waals surface area contributed by atoms with Gasteiger partial charge in [-0.2, -0.15) is 0 Å². The van der Waals surface area contributed by atoms with Gasteiger partial charge in [-0.3, -0.25) is 4.79 Å². The molecule has 3 atom stereocenters. The Morgan fingerprint density at radius 3 is 2.50 bits per heavy atom. The van der Waals surface area contributed by atoms with Crippen LogP contribution in [0.15, 0.2) is 0 Å². The largest absolute Gasteiger partial charge is 0.481 e. The minimum Gasteiger partial charge on any atom is -0.481 e. The number of carbonyl (C=O) groups excluding carboxylic acids is 1. The van der Waals surface area contributed by atoms with Crippen molar-refractivity contribution in [1.82, 2.24) is 0 Å². The van der Waals surface area contributed by atoms with E-state index in [0.29, 0.717) is 12.8 Å². The first-order valence-electron chi connectivity index (χ1n) is 4.73. The molecule has 0 heterocycles. The second-order valence-electron chi connectivity index (χ2n) is 4.46. The van der Waals surface area contributed by atoms with Crippen molar-refractivity contribution in [3.05, 3.63) is 0 Å². The van der Waals surface area contributed by atoms with E-state index in [1.54, 1.807) is 13.8 Å². The Balaban J connectivity index is 3.15. The number of aliphatic carboxylic acids is 1. The van der Waals surface area contributed by atoms with Crippen LogP contribution in [0.2, 0.25) is 0 Å². The van der Waals surface area contributed by atoms with Crippen LogP contribution >= 0.6 is 0 Å². The van der Waals surface area contributed by atoms with Crippen molar-refractivity contribution in [2.75, 3.05) is 6.61 Å². The number of rotatable bonds is 3. The highest BCUT2D eigenvalue weighted by Crippen LogP contribution is 2.54. The van der Waals surface area contributed by atoms with Crippen molar-refractivity contribution in [3.8, 4) is 0 Å². The number of carboxylic acid groups (broad SMARTS) is 1. The molecule has 0 radical (unpaired) electrons. The van der Waals surface area contributed by atoms with Crippen LogP contribution in [0.3, 0.4) is 0 Å². The van der Waals surface area contributed by atoms with E-state index in [0.717, 1.165) is 6.29 Å². The van der Waals surface area contributed by atoms with Gasteiger partial charge in [0.1, 0.15) is 6.29 Å². The number of carboxylic acids is 1. The molecule has 0 aromatic carbocycles. The number of carbonyl (C=O) groups is 2. The van der Waals surface area contributed by atoms with Crippen molar-refractivity contribution in [2.45, 2.75) is 26.7 Å². The quantitative estimate of drug-likeness (QED) is 0.657. The molecule has 1 rings (SSSR count). The standard InChI is InChI=1S/C10H16O4/c1-9(6-12)4-3-7(5-11)10(9,2)8(13)14/h6-7,11H,3-5H2,1-2H3,(H,13,14). The molecule has 3 unspecified atom stereocenters. The molecule has 4 heteroatoms. The summed E-state index contributed by atoms with van der Waals surface area (Å²) >= 11 is 0. The first-order valence-corrected chi connectivity index (χ1v) is 4.73.